The first-order chi connectivity index (χ1) is 8.35. The van der Waals surface area contributed by atoms with E-state index in [-0.39, 0.29) is 6.54 Å². The molecule has 0 aliphatic heterocycles. The smallest absolute Gasteiger partial charge is 0.230 e. The number of hydrogen-bond acceptors (Lipinski definition) is 4. The van der Waals surface area contributed by atoms with Crippen molar-refractivity contribution in [1.82, 2.24) is 4.72 Å². The van der Waals surface area contributed by atoms with E-state index >= 15 is 0 Å². The number of terminal acetylenes is 1. The van der Waals surface area contributed by atoms with Crippen LogP contribution in [0.2, 0.25) is 0 Å². The van der Waals surface area contributed by atoms with Crippen molar-refractivity contribution in [3.63, 3.8) is 0 Å². The van der Waals surface area contributed by atoms with E-state index in [2.05, 4.69) is 10.6 Å². The van der Waals surface area contributed by atoms with Crippen LogP contribution in [-0.4, -0.2) is 15.0 Å². The minimum atomic E-state index is -3.66. The van der Waals surface area contributed by atoms with Crippen LogP contribution >= 0.6 is 0 Å². The number of nitrogens with one attached hydrogen (secondary N) is 1. The Kier molecular flexibility index (Phi) is 4.22. The lowest BCUT2D eigenvalue weighted by Gasteiger charge is -2.18. The van der Waals surface area contributed by atoms with Crippen molar-refractivity contribution in [2.75, 3.05) is 18.0 Å². The molecule has 98 valence electrons. The van der Waals surface area contributed by atoms with Crippen LogP contribution < -0.4 is 16.2 Å². The molecule has 0 radical (unpaired) electrons. The lowest BCUT2D eigenvalue weighted by atomic mass is 10.0. The van der Waals surface area contributed by atoms with Gasteiger partial charge in [0, 0.05) is 23.5 Å². The molecule has 0 bridgehead atoms. The first kappa shape index (κ1) is 14.4. The minimum Gasteiger partial charge on any atom is -0.399 e. The molecule has 5 N–H and O–H groups in total. The highest BCUT2D eigenvalue weighted by Gasteiger charge is 2.28. The van der Waals surface area contributed by atoms with Gasteiger partial charge in [-0.15, -0.1) is 6.42 Å². The molecule has 0 spiro atoms. The normalized spacial score (nSPS) is 12.9. The van der Waals surface area contributed by atoms with Crippen molar-refractivity contribution in [3.8, 4) is 12.3 Å². The highest BCUT2D eigenvalue weighted by atomic mass is 32.2. The maximum atomic E-state index is 12.0. The second-order valence-corrected chi connectivity index (χ2v) is 5.72. The van der Waals surface area contributed by atoms with E-state index in [1.165, 1.54) is 0 Å². The van der Waals surface area contributed by atoms with Gasteiger partial charge in [-0.1, -0.05) is 12.8 Å². The van der Waals surface area contributed by atoms with Crippen LogP contribution in [0, 0.1) is 19.3 Å². The van der Waals surface area contributed by atoms with Crippen LogP contribution in [0.4, 0.5) is 11.4 Å². The van der Waals surface area contributed by atoms with Crippen molar-refractivity contribution in [3.05, 3.63) is 23.3 Å². The Morgan fingerprint density at radius 2 is 1.94 bits per heavy atom. The first-order valence-corrected chi connectivity index (χ1v) is 6.98. The number of sulfonamides is 1. The van der Waals surface area contributed by atoms with Crippen LogP contribution in [0.1, 0.15) is 23.3 Å². The van der Waals surface area contributed by atoms with Crippen molar-refractivity contribution >= 4 is 21.4 Å². The minimum absolute atomic E-state index is 0.266. The standard InChI is InChI=1S/C12H17N3O2S/c1-4-11(18(16,17)15-5-2)12-8(3)9(13)6-7-10(12)14/h1,6-7,11,15H,5,13-14H2,2-3H3. The topological polar surface area (TPSA) is 98.2 Å². The van der Waals surface area contributed by atoms with E-state index in [1.807, 2.05) is 0 Å². The van der Waals surface area contributed by atoms with Gasteiger partial charge >= 0.3 is 0 Å². The summed E-state index contributed by atoms with van der Waals surface area (Å²) < 4.78 is 26.4. The molecule has 0 saturated heterocycles. The molecule has 1 unspecified atom stereocenters. The van der Waals surface area contributed by atoms with Crippen LogP contribution in [-0.2, 0) is 10.0 Å². The Morgan fingerprint density at radius 1 is 1.39 bits per heavy atom. The van der Waals surface area contributed by atoms with E-state index < -0.39 is 15.3 Å². The van der Waals surface area contributed by atoms with Gasteiger partial charge in [-0.3, -0.25) is 0 Å². The maximum absolute atomic E-state index is 12.0. The number of rotatable bonds is 4. The summed E-state index contributed by atoms with van der Waals surface area (Å²) in [5.41, 5.74) is 13.3. The fourth-order valence-electron chi connectivity index (χ4n) is 1.73. The zero-order valence-electron chi connectivity index (χ0n) is 10.4. The van der Waals surface area contributed by atoms with E-state index in [0.717, 1.165) is 0 Å². The number of hydrogen-bond donors (Lipinski definition) is 3. The summed E-state index contributed by atoms with van der Waals surface area (Å²) in [5, 5.41) is -1.14. The zero-order valence-corrected chi connectivity index (χ0v) is 11.2. The van der Waals surface area contributed by atoms with Gasteiger partial charge in [-0.2, -0.15) is 0 Å². The molecule has 0 aliphatic rings. The van der Waals surface area contributed by atoms with Crippen LogP contribution in [0.15, 0.2) is 12.1 Å². The zero-order chi connectivity index (χ0) is 13.9. The van der Waals surface area contributed by atoms with Crippen molar-refractivity contribution in [2.45, 2.75) is 19.1 Å². The third-order valence-corrected chi connectivity index (χ3v) is 4.34. The quantitative estimate of drug-likeness (QED) is 0.554. The third kappa shape index (κ3) is 2.58. The molecule has 5 nitrogen and oxygen atoms in total. The molecule has 0 fully saturated rings. The predicted octanol–water partition coefficient (Wildman–Crippen LogP) is 0.773. The van der Waals surface area contributed by atoms with Gasteiger partial charge in [0.25, 0.3) is 0 Å². The molecule has 0 saturated carbocycles. The molecular formula is C12H17N3O2S. The summed E-state index contributed by atoms with van der Waals surface area (Å²) in [6, 6.07) is 3.19. The highest BCUT2D eigenvalue weighted by molar-refractivity contribution is 7.90. The van der Waals surface area contributed by atoms with Gasteiger partial charge in [0.2, 0.25) is 10.0 Å². The molecule has 1 aromatic rings. The number of anilines is 2. The maximum Gasteiger partial charge on any atom is 0.230 e. The first-order valence-electron chi connectivity index (χ1n) is 5.44. The Labute approximate surface area is 108 Å². The number of benzene rings is 1. The van der Waals surface area contributed by atoms with E-state index in [4.69, 9.17) is 17.9 Å². The Balaban J connectivity index is 3.45. The molecule has 1 rings (SSSR count). The average Bonchev–Trinajstić information content (AvgIpc) is 2.29. The fraction of sp³-hybridized carbons (Fsp3) is 0.333. The molecule has 18 heavy (non-hydrogen) atoms. The van der Waals surface area contributed by atoms with Gasteiger partial charge in [0.15, 0.2) is 5.25 Å². The van der Waals surface area contributed by atoms with Crippen molar-refractivity contribution in [1.29, 1.82) is 0 Å². The van der Waals surface area contributed by atoms with Crippen molar-refractivity contribution < 1.29 is 8.42 Å². The molecule has 0 heterocycles. The monoisotopic (exact) mass is 267 g/mol. The molecule has 0 aliphatic carbocycles. The van der Waals surface area contributed by atoms with Crippen molar-refractivity contribution in [2.24, 2.45) is 0 Å². The molecule has 6 heteroatoms. The van der Waals surface area contributed by atoms with E-state index in [0.29, 0.717) is 22.5 Å². The van der Waals surface area contributed by atoms with Crippen LogP contribution in [0.5, 0.6) is 0 Å². The lowest BCUT2D eigenvalue weighted by Crippen LogP contribution is -2.29. The second-order valence-electron chi connectivity index (χ2n) is 3.87. The fourth-order valence-corrected chi connectivity index (χ4v) is 3.10. The van der Waals surface area contributed by atoms with Gasteiger partial charge in [-0.05, 0) is 24.6 Å². The SMILES string of the molecule is C#CC(c1c(N)ccc(N)c1C)S(=O)(=O)NCC. The highest BCUT2D eigenvalue weighted by Crippen LogP contribution is 2.32. The van der Waals surface area contributed by atoms with Gasteiger partial charge in [0.05, 0.1) is 0 Å². The lowest BCUT2D eigenvalue weighted by molar-refractivity contribution is 0.579. The Morgan fingerprint density at radius 3 is 2.44 bits per heavy atom. The van der Waals surface area contributed by atoms with Crippen LogP contribution in [0.3, 0.4) is 0 Å². The van der Waals surface area contributed by atoms with Gasteiger partial charge in [-0.25, -0.2) is 13.1 Å². The summed E-state index contributed by atoms with van der Waals surface area (Å²) in [4.78, 5) is 0. The predicted molar refractivity (Wildman–Crippen MR) is 74.2 cm³/mol. The van der Waals surface area contributed by atoms with Gasteiger partial charge in [0.1, 0.15) is 0 Å². The number of nitrogen functional groups attached to an aromatic ring is 2. The third-order valence-electron chi connectivity index (χ3n) is 2.66. The largest absolute Gasteiger partial charge is 0.399 e. The summed E-state index contributed by atoms with van der Waals surface area (Å²) in [7, 11) is -3.66. The molecule has 1 atom stereocenters. The summed E-state index contributed by atoms with van der Waals surface area (Å²) >= 11 is 0. The van der Waals surface area contributed by atoms with E-state index in [1.54, 1.807) is 26.0 Å². The molecule has 0 amide bonds. The van der Waals surface area contributed by atoms with E-state index in [9.17, 15) is 8.42 Å². The summed E-state index contributed by atoms with van der Waals surface area (Å²) in [5.74, 6) is 2.27. The van der Waals surface area contributed by atoms with Crippen LogP contribution in [0.25, 0.3) is 0 Å². The Hall–Kier alpha value is -1.71. The second kappa shape index (κ2) is 5.29. The average molecular weight is 267 g/mol. The molecule has 1 aromatic carbocycles. The Bertz CT molecular complexity index is 588. The summed E-state index contributed by atoms with van der Waals surface area (Å²) in [6.45, 7) is 3.65. The number of nitrogens with two attached hydrogens (primary N) is 2. The molecule has 0 aromatic heterocycles. The molecular weight excluding hydrogens is 250 g/mol. The van der Waals surface area contributed by atoms with Gasteiger partial charge < -0.3 is 11.5 Å². The summed E-state index contributed by atoms with van der Waals surface area (Å²) in [6.07, 6.45) is 5.34.